The van der Waals surface area contributed by atoms with Crippen LogP contribution in [0.4, 0.5) is 0 Å². The minimum Gasteiger partial charge on any atom is -0.506 e. The molecule has 0 fully saturated rings. The topological polar surface area (TPSA) is 126 Å². The van der Waals surface area contributed by atoms with Crippen molar-refractivity contribution >= 4 is 40.0 Å². The Morgan fingerprint density at radius 3 is 1.54 bits per heavy atom. The molecule has 0 radical (unpaired) electrons. The summed E-state index contributed by atoms with van der Waals surface area (Å²) in [6.45, 7) is 13.4. The van der Waals surface area contributed by atoms with Gasteiger partial charge in [-0.2, -0.15) is 0 Å². The van der Waals surface area contributed by atoms with Gasteiger partial charge < -0.3 is 9.52 Å². The first kappa shape index (κ1) is 45.3. The zero-order valence-corrected chi connectivity index (χ0v) is 38.8. The molecule has 12 heteroatoms. The molecule has 1 aliphatic carbocycles. The zero-order chi connectivity index (χ0) is 45.9. The number of carbonyl (C=O) groups is 1. The molecule has 2 aromatic carbocycles. The van der Waals surface area contributed by atoms with E-state index in [9.17, 15) is 14.7 Å². The summed E-state index contributed by atoms with van der Waals surface area (Å²) in [5.74, 6) is -0.141. The summed E-state index contributed by atoms with van der Waals surface area (Å²) in [7, 11) is 0. The van der Waals surface area contributed by atoms with Crippen molar-refractivity contribution in [2.75, 3.05) is 0 Å². The van der Waals surface area contributed by atoms with Gasteiger partial charge in [-0.05, 0) is 100.0 Å². The molecule has 10 nitrogen and oxygen atoms in total. The van der Waals surface area contributed by atoms with Crippen molar-refractivity contribution in [2.45, 2.75) is 80.8 Å². The smallest absolute Gasteiger partial charge is 0.205 e. The standard InChI is InChI=1S/C53H50Cl2N6O4/c1-31(2)49(62)37-17-11-16-36(22-37)48-42-23-46(54)50(63)44(29-60(25-38-18-7-12-32(3)56-38)26-39-19-8-13-33(4)57-39)52(42)65-53-43(48)24-47(55)51(64)45(53)30-61(27-40-20-9-14-34(5)58-40)28-41-21-10-15-35(6)59-41/h7-24,31,63H,25-30H2,1-6H3. The zero-order valence-electron chi connectivity index (χ0n) is 37.3. The number of hydrogen-bond acceptors (Lipinski definition) is 10. The maximum atomic E-state index is 14.6. The number of aryl methyl sites for hydroxylation is 4. The van der Waals surface area contributed by atoms with Crippen molar-refractivity contribution in [2.24, 2.45) is 5.92 Å². The summed E-state index contributed by atoms with van der Waals surface area (Å²) in [5.41, 5.74) is 9.85. The Kier molecular flexibility index (Phi) is 13.5. The molecule has 0 spiro atoms. The number of benzene rings is 3. The normalized spacial score (nSPS) is 11.7. The summed E-state index contributed by atoms with van der Waals surface area (Å²) in [6, 6.07) is 34.3. The molecule has 8 rings (SSSR count). The lowest BCUT2D eigenvalue weighted by molar-refractivity contribution is 0.0939. The molecule has 1 N–H and O–H groups in total. The average Bonchev–Trinajstić information content (AvgIpc) is 3.26. The van der Waals surface area contributed by atoms with Gasteiger partial charge in [-0.3, -0.25) is 39.3 Å². The quantitative estimate of drug-likeness (QED) is 0.0785. The van der Waals surface area contributed by atoms with Gasteiger partial charge in [0.15, 0.2) is 5.78 Å². The van der Waals surface area contributed by atoms with Crippen LogP contribution in [0.3, 0.4) is 0 Å². The Morgan fingerprint density at radius 2 is 1.08 bits per heavy atom. The van der Waals surface area contributed by atoms with Crippen LogP contribution in [-0.4, -0.2) is 40.6 Å². The van der Waals surface area contributed by atoms with E-state index in [1.807, 2.05) is 133 Å². The highest BCUT2D eigenvalue weighted by Crippen LogP contribution is 2.47. The summed E-state index contributed by atoms with van der Waals surface area (Å²) in [5, 5.41) is 12.7. The van der Waals surface area contributed by atoms with Crippen LogP contribution in [-0.2, 0) is 39.3 Å². The SMILES string of the molecule is Cc1cccc(CN(Cc2cccc(C)n2)Cc2c3oc4c(CN(Cc5cccc(C)n5)Cc5cccc(C)n5)c(O)c(Cl)cc4c(-c4cccc(C(=O)C(C)C)c4)c-3cc(Cl)c2=O)n1. The number of carbonyl (C=O) groups excluding carboxylic acids is 1. The van der Waals surface area contributed by atoms with Crippen LogP contribution in [0.2, 0.25) is 10.0 Å². The number of aromatic hydroxyl groups is 1. The number of fused-ring (bicyclic) bond motifs is 2. The van der Waals surface area contributed by atoms with E-state index >= 15 is 0 Å². The van der Waals surface area contributed by atoms with E-state index in [4.69, 9.17) is 47.6 Å². The summed E-state index contributed by atoms with van der Waals surface area (Å²) in [6.07, 6.45) is 0. The second-order valence-electron chi connectivity index (χ2n) is 17.1. The number of aromatic nitrogens is 4. The average molecular weight is 906 g/mol. The molecule has 5 heterocycles. The fourth-order valence-corrected chi connectivity index (χ4v) is 8.85. The van der Waals surface area contributed by atoms with E-state index < -0.39 is 5.43 Å². The number of phenolic OH excluding ortho intramolecular Hbond substituents is 1. The lowest BCUT2D eigenvalue weighted by Gasteiger charge is -2.26. The van der Waals surface area contributed by atoms with Gasteiger partial charge in [-0.15, -0.1) is 0 Å². The van der Waals surface area contributed by atoms with Crippen LogP contribution in [0.15, 0.2) is 118 Å². The van der Waals surface area contributed by atoms with Crippen molar-refractivity contribution in [1.82, 2.24) is 29.7 Å². The maximum Gasteiger partial charge on any atom is 0.205 e. The number of Topliss-reactive ketones (excluding diaryl/α,β-unsaturated/α-hetero) is 1. The Morgan fingerprint density at radius 1 is 0.615 bits per heavy atom. The highest BCUT2D eigenvalue weighted by Gasteiger charge is 2.29. The van der Waals surface area contributed by atoms with Crippen LogP contribution in [0.1, 0.15) is 80.9 Å². The third-order valence-electron chi connectivity index (χ3n) is 11.4. The van der Waals surface area contributed by atoms with Crippen molar-refractivity contribution in [1.29, 1.82) is 0 Å². The molecule has 0 saturated heterocycles. The van der Waals surface area contributed by atoms with Crippen LogP contribution in [0, 0.1) is 33.6 Å². The first-order valence-corrected chi connectivity index (χ1v) is 22.4. The van der Waals surface area contributed by atoms with E-state index in [0.29, 0.717) is 70.5 Å². The van der Waals surface area contributed by atoms with Crippen LogP contribution in [0.5, 0.6) is 5.75 Å². The molecule has 330 valence electrons. The lowest BCUT2D eigenvalue weighted by Crippen LogP contribution is -2.27. The Bertz CT molecular complexity index is 3000. The summed E-state index contributed by atoms with van der Waals surface area (Å²) < 4.78 is 7.08. The van der Waals surface area contributed by atoms with Crippen LogP contribution >= 0.6 is 23.2 Å². The molecule has 2 aliphatic rings. The lowest BCUT2D eigenvalue weighted by atomic mass is 9.89. The number of halogens is 2. The van der Waals surface area contributed by atoms with Crippen molar-refractivity contribution < 1.29 is 14.3 Å². The number of hydrogen-bond donors (Lipinski definition) is 1. The van der Waals surface area contributed by atoms with Gasteiger partial charge in [0.05, 0.1) is 43.9 Å². The molecule has 65 heavy (non-hydrogen) atoms. The van der Waals surface area contributed by atoms with Gasteiger partial charge in [0.1, 0.15) is 17.1 Å². The van der Waals surface area contributed by atoms with Crippen molar-refractivity contribution in [3.8, 4) is 28.2 Å². The Labute approximate surface area is 388 Å². The van der Waals surface area contributed by atoms with E-state index in [-0.39, 0.29) is 46.3 Å². The van der Waals surface area contributed by atoms with E-state index in [2.05, 4.69) is 9.80 Å². The van der Waals surface area contributed by atoms with Gasteiger partial charge in [0, 0.05) is 90.0 Å². The highest BCUT2D eigenvalue weighted by molar-refractivity contribution is 6.33. The van der Waals surface area contributed by atoms with E-state index in [1.54, 1.807) is 18.2 Å². The first-order valence-electron chi connectivity index (χ1n) is 21.6. The predicted molar refractivity (Wildman–Crippen MR) is 257 cm³/mol. The molecule has 0 saturated carbocycles. The Balaban J connectivity index is 1.37. The second-order valence-corrected chi connectivity index (χ2v) is 17.9. The second kappa shape index (κ2) is 19.4. The molecule has 6 aromatic rings. The highest BCUT2D eigenvalue weighted by atomic mass is 35.5. The third kappa shape index (κ3) is 10.3. The fraction of sp³-hybridized carbons (Fsp3) is 0.245. The van der Waals surface area contributed by atoms with Gasteiger partial charge in [-0.1, -0.05) is 79.5 Å². The molecule has 0 bridgehead atoms. The largest absolute Gasteiger partial charge is 0.506 e. The van der Waals surface area contributed by atoms with Crippen LogP contribution in [0.25, 0.3) is 33.4 Å². The number of ketones is 1. The summed E-state index contributed by atoms with van der Waals surface area (Å²) >= 11 is 14.0. The molecular weight excluding hydrogens is 856 g/mol. The minimum atomic E-state index is -0.395. The number of rotatable bonds is 15. The van der Waals surface area contributed by atoms with Gasteiger partial charge >= 0.3 is 0 Å². The predicted octanol–water partition coefficient (Wildman–Crippen LogP) is 11.6. The van der Waals surface area contributed by atoms with Gasteiger partial charge in [0.25, 0.3) is 0 Å². The minimum absolute atomic E-state index is 0.00704. The molecule has 1 aliphatic heterocycles. The number of pyridine rings is 4. The fourth-order valence-electron chi connectivity index (χ4n) is 8.41. The number of phenols is 1. The molecule has 0 amide bonds. The van der Waals surface area contributed by atoms with Crippen LogP contribution < -0.4 is 5.43 Å². The van der Waals surface area contributed by atoms with Gasteiger partial charge in [-0.25, -0.2) is 0 Å². The van der Waals surface area contributed by atoms with Crippen molar-refractivity contribution in [3.63, 3.8) is 0 Å². The third-order valence-corrected chi connectivity index (χ3v) is 11.9. The molecular formula is C53H50Cl2N6O4. The van der Waals surface area contributed by atoms with Gasteiger partial charge in [0.2, 0.25) is 5.43 Å². The van der Waals surface area contributed by atoms with E-state index in [1.165, 1.54) is 0 Å². The van der Waals surface area contributed by atoms with E-state index in [0.717, 1.165) is 45.6 Å². The molecule has 0 atom stereocenters. The van der Waals surface area contributed by atoms with Crippen molar-refractivity contribution in [3.05, 3.63) is 192 Å². The molecule has 4 aromatic heterocycles. The monoisotopic (exact) mass is 904 g/mol. The molecule has 0 unspecified atom stereocenters. The Hall–Kier alpha value is -6.30. The summed E-state index contributed by atoms with van der Waals surface area (Å²) in [4.78, 5) is 51.6. The number of nitrogens with zero attached hydrogens (tertiary/aromatic N) is 6. The first-order chi connectivity index (χ1) is 31.2. The maximum absolute atomic E-state index is 14.6.